The van der Waals surface area contributed by atoms with Crippen LogP contribution in [-0.4, -0.2) is 51.2 Å². The minimum absolute atomic E-state index is 0.393. The van der Waals surface area contributed by atoms with Crippen LogP contribution in [0.3, 0.4) is 0 Å². The first-order valence-electron chi connectivity index (χ1n) is 7.02. The van der Waals surface area contributed by atoms with Gasteiger partial charge in [-0.3, -0.25) is 9.69 Å². The van der Waals surface area contributed by atoms with Gasteiger partial charge in [0.25, 0.3) is 0 Å². The van der Waals surface area contributed by atoms with Crippen molar-refractivity contribution in [3.63, 3.8) is 0 Å². The molecule has 0 aliphatic carbocycles. The number of hydrogen-bond donors (Lipinski definition) is 2. The molecule has 1 unspecified atom stereocenters. The molecule has 0 bridgehead atoms. The predicted molar refractivity (Wildman–Crippen MR) is 80.5 cm³/mol. The maximum atomic E-state index is 12.3. The number of nitrogens with one attached hydrogen (secondary N) is 1. The van der Waals surface area contributed by atoms with Crippen molar-refractivity contribution in [3.05, 3.63) is 23.8 Å². The van der Waals surface area contributed by atoms with Gasteiger partial charge in [-0.15, -0.1) is 0 Å². The molecule has 0 radical (unpaired) electrons. The van der Waals surface area contributed by atoms with Crippen LogP contribution in [0.25, 0.3) is 0 Å². The van der Waals surface area contributed by atoms with Gasteiger partial charge in [0.2, 0.25) is 5.91 Å². The van der Waals surface area contributed by atoms with Crippen LogP contribution in [0.15, 0.2) is 18.2 Å². The van der Waals surface area contributed by atoms with E-state index < -0.39 is 11.4 Å². The predicted octanol–water partition coefficient (Wildman–Crippen LogP) is 0.310. The Labute approximate surface area is 125 Å². The zero-order valence-electron chi connectivity index (χ0n) is 12.8. The lowest BCUT2D eigenvalue weighted by atomic mass is 9.87. The quantitative estimate of drug-likeness (QED) is 0.817. The summed E-state index contributed by atoms with van der Waals surface area (Å²) in [5.41, 5.74) is 5.56. The lowest BCUT2D eigenvalue weighted by Gasteiger charge is -2.42. The average Bonchev–Trinajstić information content (AvgIpc) is 2.54. The molecule has 1 amide bonds. The van der Waals surface area contributed by atoms with Crippen LogP contribution in [-0.2, 0) is 10.3 Å². The number of nitrogens with zero attached hydrogens (tertiary/aromatic N) is 1. The SMILES string of the molecule is COc1ccc(OC)c(C(C)(C(N)=O)N2CCNCC2)c1. The summed E-state index contributed by atoms with van der Waals surface area (Å²) in [4.78, 5) is 14.3. The summed E-state index contributed by atoms with van der Waals surface area (Å²) >= 11 is 0. The number of carbonyl (C=O) groups excluding carboxylic acids is 1. The largest absolute Gasteiger partial charge is 0.497 e. The van der Waals surface area contributed by atoms with E-state index in [2.05, 4.69) is 10.2 Å². The van der Waals surface area contributed by atoms with Crippen LogP contribution in [0, 0.1) is 0 Å². The number of benzene rings is 1. The fourth-order valence-corrected chi connectivity index (χ4v) is 2.77. The normalized spacial score (nSPS) is 18.8. The molecule has 2 rings (SSSR count). The summed E-state index contributed by atoms with van der Waals surface area (Å²) in [7, 11) is 3.18. The Balaban J connectivity index is 2.52. The summed E-state index contributed by atoms with van der Waals surface area (Å²) in [6, 6.07) is 5.44. The molecular formula is C15H23N3O3. The standard InChI is InChI=1S/C15H23N3O3/c1-15(14(16)19,18-8-6-17-7-9-18)12-10-11(20-2)4-5-13(12)21-3/h4-5,10,17H,6-9H2,1-3H3,(H2,16,19). The van der Waals surface area contributed by atoms with E-state index in [9.17, 15) is 4.79 Å². The molecule has 3 N–H and O–H groups in total. The molecule has 1 atom stereocenters. The van der Waals surface area contributed by atoms with Gasteiger partial charge in [0.15, 0.2) is 0 Å². The van der Waals surface area contributed by atoms with Gasteiger partial charge in [0.1, 0.15) is 17.0 Å². The highest BCUT2D eigenvalue weighted by atomic mass is 16.5. The Bertz CT molecular complexity index is 515. The number of methoxy groups -OCH3 is 2. The van der Waals surface area contributed by atoms with Crippen molar-refractivity contribution in [2.45, 2.75) is 12.5 Å². The molecule has 21 heavy (non-hydrogen) atoms. The lowest BCUT2D eigenvalue weighted by molar-refractivity contribution is -0.130. The van der Waals surface area contributed by atoms with Gasteiger partial charge in [-0.25, -0.2) is 0 Å². The van der Waals surface area contributed by atoms with E-state index in [1.165, 1.54) is 0 Å². The Kier molecular flexibility index (Phi) is 4.69. The molecule has 1 aromatic rings. The molecular weight excluding hydrogens is 270 g/mol. The molecule has 0 aromatic heterocycles. The zero-order chi connectivity index (χ0) is 15.5. The Morgan fingerprint density at radius 3 is 2.48 bits per heavy atom. The van der Waals surface area contributed by atoms with E-state index in [1.54, 1.807) is 20.3 Å². The molecule has 1 aromatic carbocycles. The van der Waals surface area contributed by atoms with Crippen LogP contribution < -0.4 is 20.5 Å². The van der Waals surface area contributed by atoms with Crippen molar-refractivity contribution in [1.82, 2.24) is 10.2 Å². The second-order valence-corrected chi connectivity index (χ2v) is 5.24. The van der Waals surface area contributed by atoms with Crippen LogP contribution in [0.1, 0.15) is 12.5 Å². The topological polar surface area (TPSA) is 76.8 Å². The maximum absolute atomic E-state index is 12.3. The fraction of sp³-hybridized carbons (Fsp3) is 0.533. The van der Waals surface area contributed by atoms with Crippen LogP contribution >= 0.6 is 0 Å². The van der Waals surface area contributed by atoms with Gasteiger partial charge in [0.05, 0.1) is 14.2 Å². The summed E-state index contributed by atoms with van der Waals surface area (Å²) in [6.07, 6.45) is 0. The molecule has 1 aliphatic heterocycles. The summed E-state index contributed by atoms with van der Waals surface area (Å²) in [5.74, 6) is 0.917. The molecule has 0 spiro atoms. The van der Waals surface area contributed by atoms with Crippen molar-refractivity contribution < 1.29 is 14.3 Å². The van der Waals surface area contributed by atoms with E-state index in [4.69, 9.17) is 15.2 Å². The van der Waals surface area contributed by atoms with E-state index in [1.807, 2.05) is 19.1 Å². The molecule has 6 heteroatoms. The molecule has 1 aliphatic rings. The van der Waals surface area contributed by atoms with Gasteiger partial charge in [-0.1, -0.05) is 0 Å². The maximum Gasteiger partial charge on any atom is 0.242 e. The number of hydrogen-bond acceptors (Lipinski definition) is 5. The molecule has 0 saturated carbocycles. The van der Waals surface area contributed by atoms with E-state index in [-0.39, 0.29) is 0 Å². The summed E-state index contributed by atoms with van der Waals surface area (Å²) in [5, 5.41) is 3.28. The van der Waals surface area contributed by atoms with Crippen molar-refractivity contribution in [2.24, 2.45) is 5.73 Å². The van der Waals surface area contributed by atoms with Gasteiger partial charge < -0.3 is 20.5 Å². The van der Waals surface area contributed by atoms with Crippen molar-refractivity contribution >= 4 is 5.91 Å². The third-order valence-electron chi connectivity index (χ3n) is 4.16. The van der Waals surface area contributed by atoms with Gasteiger partial charge >= 0.3 is 0 Å². The van der Waals surface area contributed by atoms with Crippen molar-refractivity contribution in [2.75, 3.05) is 40.4 Å². The fourth-order valence-electron chi connectivity index (χ4n) is 2.77. The summed E-state index contributed by atoms with van der Waals surface area (Å²) in [6.45, 7) is 5.00. The smallest absolute Gasteiger partial charge is 0.242 e. The monoisotopic (exact) mass is 293 g/mol. The van der Waals surface area contributed by atoms with Gasteiger partial charge in [-0.05, 0) is 25.1 Å². The molecule has 1 saturated heterocycles. The second-order valence-electron chi connectivity index (χ2n) is 5.24. The molecule has 116 valence electrons. The molecule has 6 nitrogen and oxygen atoms in total. The van der Waals surface area contributed by atoms with E-state index in [0.29, 0.717) is 11.5 Å². The minimum atomic E-state index is -0.929. The second kappa shape index (κ2) is 6.32. The first-order valence-corrected chi connectivity index (χ1v) is 7.02. The Morgan fingerprint density at radius 1 is 1.29 bits per heavy atom. The first-order chi connectivity index (χ1) is 10.0. The highest BCUT2D eigenvalue weighted by Crippen LogP contribution is 2.37. The van der Waals surface area contributed by atoms with Crippen molar-refractivity contribution in [3.8, 4) is 11.5 Å². The first kappa shape index (κ1) is 15.6. The molecule has 1 fully saturated rings. The number of piperazine rings is 1. The number of ether oxygens (including phenoxy) is 2. The third kappa shape index (κ3) is 2.82. The average molecular weight is 293 g/mol. The third-order valence-corrected chi connectivity index (χ3v) is 4.16. The van der Waals surface area contributed by atoms with E-state index in [0.717, 1.165) is 31.7 Å². The highest BCUT2D eigenvalue weighted by molar-refractivity contribution is 5.86. The number of rotatable bonds is 5. The van der Waals surface area contributed by atoms with Crippen LogP contribution in [0.4, 0.5) is 0 Å². The Hall–Kier alpha value is -1.79. The summed E-state index contributed by atoms with van der Waals surface area (Å²) < 4.78 is 10.7. The zero-order valence-corrected chi connectivity index (χ0v) is 12.8. The minimum Gasteiger partial charge on any atom is -0.497 e. The van der Waals surface area contributed by atoms with Crippen LogP contribution in [0.2, 0.25) is 0 Å². The van der Waals surface area contributed by atoms with E-state index >= 15 is 0 Å². The molecule has 1 heterocycles. The number of nitrogens with two attached hydrogens (primary N) is 1. The lowest BCUT2D eigenvalue weighted by Crippen LogP contribution is -2.58. The number of primary amides is 1. The highest BCUT2D eigenvalue weighted by Gasteiger charge is 2.42. The Morgan fingerprint density at radius 2 is 1.95 bits per heavy atom. The number of carbonyl (C=O) groups is 1. The number of amides is 1. The van der Waals surface area contributed by atoms with Gasteiger partial charge in [0, 0.05) is 31.7 Å². The van der Waals surface area contributed by atoms with Crippen LogP contribution in [0.5, 0.6) is 11.5 Å². The van der Waals surface area contributed by atoms with Crippen molar-refractivity contribution in [1.29, 1.82) is 0 Å². The van der Waals surface area contributed by atoms with Gasteiger partial charge in [-0.2, -0.15) is 0 Å².